The Morgan fingerprint density at radius 1 is 1.40 bits per heavy atom. The molecule has 6 heteroatoms. The predicted octanol–water partition coefficient (Wildman–Crippen LogP) is 0.183. The van der Waals surface area contributed by atoms with Crippen molar-refractivity contribution in [2.24, 2.45) is 0 Å². The van der Waals surface area contributed by atoms with Gasteiger partial charge in [0.1, 0.15) is 0 Å². The molecular formula is C9H20N2O3S. The topological polar surface area (TPSA) is 66.5 Å². The number of sulfonamides is 1. The molecule has 0 bridgehead atoms. The molecule has 0 rings (SSSR count). The van der Waals surface area contributed by atoms with Crippen LogP contribution in [0.4, 0.5) is 0 Å². The minimum absolute atomic E-state index is 0.101. The summed E-state index contributed by atoms with van der Waals surface area (Å²) in [7, 11) is -3.31. The van der Waals surface area contributed by atoms with Crippen LogP contribution in [-0.4, -0.2) is 44.0 Å². The Bertz CT molecular complexity index is 298. The van der Waals surface area contributed by atoms with Crippen LogP contribution >= 0.6 is 0 Å². The summed E-state index contributed by atoms with van der Waals surface area (Å²) in [6, 6.07) is -0.202. The normalized spacial score (nSPS) is 12.1. The number of hydrogen-bond donors (Lipinski definition) is 1. The number of amides is 1. The van der Waals surface area contributed by atoms with Gasteiger partial charge in [-0.2, -0.15) is 4.31 Å². The minimum atomic E-state index is -3.31. The van der Waals surface area contributed by atoms with E-state index in [9.17, 15) is 13.2 Å². The van der Waals surface area contributed by atoms with E-state index in [1.54, 1.807) is 13.8 Å². The number of hydrogen-bond acceptors (Lipinski definition) is 3. The zero-order valence-corrected chi connectivity index (χ0v) is 10.6. The maximum absolute atomic E-state index is 11.3. The zero-order chi connectivity index (χ0) is 12.1. The van der Waals surface area contributed by atoms with E-state index in [-0.39, 0.29) is 18.5 Å². The van der Waals surface area contributed by atoms with E-state index in [2.05, 4.69) is 5.32 Å². The van der Waals surface area contributed by atoms with E-state index in [0.29, 0.717) is 6.54 Å². The van der Waals surface area contributed by atoms with Crippen molar-refractivity contribution in [3.05, 3.63) is 0 Å². The zero-order valence-electron chi connectivity index (χ0n) is 9.78. The van der Waals surface area contributed by atoms with E-state index >= 15 is 0 Å². The Balaban J connectivity index is 4.38. The second-order valence-electron chi connectivity index (χ2n) is 3.75. The molecule has 0 heterocycles. The Labute approximate surface area is 91.9 Å². The number of nitrogens with zero attached hydrogens (tertiary/aromatic N) is 1. The second-order valence-corrected chi connectivity index (χ2v) is 5.69. The van der Waals surface area contributed by atoms with Crippen molar-refractivity contribution < 1.29 is 13.2 Å². The molecule has 0 aromatic heterocycles. The molecule has 0 fully saturated rings. The summed E-state index contributed by atoms with van der Waals surface area (Å²) in [6.45, 7) is 5.91. The molecule has 0 spiro atoms. The smallest absolute Gasteiger partial charge is 0.235 e. The maximum Gasteiger partial charge on any atom is 0.235 e. The average molecular weight is 236 g/mol. The molecule has 0 aromatic carbocycles. The molecule has 0 aromatic rings. The lowest BCUT2D eigenvalue weighted by atomic mass is 10.4. The highest BCUT2D eigenvalue weighted by Crippen LogP contribution is 2.03. The van der Waals surface area contributed by atoms with Crippen molar-refractivity contribution in [2.45, 2.75) is 33.2 Å². The van der Waals surface area contributed by atoms with Crippen molar-refractivity contribution in [3.63, 3.8) is 0 Å². The van der Waals surface area contributed by atoms with Crippen molar-refractivity contribution in [1.29, 1.82) is 0 Å². The first-order valence-electron chi connectivity index (χ1n) is 5.02. The Morgan fingerprint density at radius 2 is 1.93 bits per heavy atom. The van der Waals surface area contributed by atoms with Crippen LogP contribution in [0.5, 0.6) is 0 Å². The summed E-state index contributed by atoms with van der Waals surface area (Å²) >= 11 is 0. The van der Waals surface area contributed by atoms with Gasteiger partial charge in [0, 0.05) is 12.6 Å². The Morgan fingerprint density at radius 3 is 2.27 bits per heavy atom. The third-order valence-corrected chi connectivity index (χ3v) is 3.28. The predicted molar refractivity (Wildman–Crippen MR) is 60.0 cm³/mol. The fraction of sp³-hybridized carbons (Fsp3) is 0.889. The van der Waals surface area contributed by atoms with Gasteiger partial charge in [-0.1, -0.05) is 6.92 Å². The van der Waals surface area contributed by atoms with Crippen molar-refractivity contribution in [3.8, 4) is 0 Å². The summed E-state index contributed by atoms with van der Waals surface area (Å²) in [5.41, 5.74) is 0. The summed E-state index contributed by atoms with van der Waals surface area (Å²) in [5.74, 6) is -0.254. The highest BCUT2D eigenvalue weighted by molar-refractivity contribution is 7.88. The molecule has 0 atom stereocenters. The van der Waals surface area contributed by atoms with Gasteiger partial charge in [-0.25, -0.2) is 8.42 Å². The summed E-state index contributed by atoms with van der Waals surface area (Å²) in [4.78, 5) is 11.3. The van der Waals surface area contributed by atoms with Gasteiger partial charge in [-0.15, -0.1) is 0 Å². The van der Waals surface area contributed by atoms with Crippen LogP contribution in [0.25, 0.3) is 0 Å². The number of rotatable bonds is 6. The van der Waals surface area contributed by atoms with Gasteiger partial charge >= 0.3 is 0 Å². The molecule has 90 valence electrons. The van der Waals surface area contributed by atoms with Crippen molar-refractivity contribution >= 4 is 15.9 Å². The second kappa shape index (κ2) is 6.07. The fourth-order valence-electron chi connectivity index (χ4n) is 1.14. The first kappa shape index (κ1) is 14.4. The Hall–Kier alpha value is -0.620. The number of nitrogens with one attached hydrogen (secondary N) is 1. The van der Waals surface area contributed by atoms with Gasteiger partial charge in [0.05, 0.1) is 12.8 Å². The third-order valence-electron chi connectivity index (χ3n) is 1.87. The molecule has 0 aliphatic rings. The lowest BCUT2D eigenvalue weighted by Gasteiger charge is -2.23. The molecule has 1 amide bonds. The molecule has 0 unspecified atom stereocenters. The largest absolute Gasteiger partial charge is 0.355 e. The number of carbonyl (C=O) groups excluding carboxylic acids is 1. The van der Waals surface area contributed by atoms with Crippen LogP contribution in [0, 0.1) is 0 Å². The fourth-order valence-corrected chi connectivity index (χ4v) is 2.26. The van der Waals surface area contributed by atoms with Crippen LogP contribution in [0.1, 0.15) is 27.2 Å². The Kier molecular flexibility index (Phi) is 5.82. The van der Waals surface area contributed by atoms with E-state index in [1.165, 1.54) is 4.31 Å². The van der Waals surface area contributed by atoms with Gasteiger partial charge in [0.25, 0.3) is 0 Å². The van der Waals surface area contributed by atoms with Gasteiger partial charge in [0.15, 0.2) is 0 Å². The first-order chi connectivity index (χ1) is 6.79. The summed E-state index contributed by atoms with van der Waals surface area (Å²) in [5, 5.41) is 2.64. The molecule has 5 nitrogen and oxygen atoms in total. The number of carbonyl (C=O) groups is 1. The highest BCUT2D eigenvalue weighted by atomic mass is 32.2. The minimum Gasteiger partial charge on any atom is -0.355 e. The standard InChI is InChI=1S/C9H20N2O3S/c1-5-6-10-9(12)7-11(8(2)3)15(4,13)14/h8H,5-7H2,1-4H3,(H,10,12). The van der Waals surface area contributed by atoms with Gasteiger partial charge < -0.3 is 5.32 Å². The molecule has 0 saturated heterocycles. The van der Waals surface area contributed by atoms with Crippen molar-refractivity contribution in [1.82, 2.24) is 9.62 Å². The molecule has 1 N–H and O–H groups in total. The highest BCUT2D eigenvalue weighted by Gasteiger charge is 2.22. The monoisotopic (exact) mass is 236 g/mol. The summed E-state index contributed by atoms with van der Waals surface area (Å²) < 4.78 is 23.8. The van der Waals surface area contributed by atoms with E-state index in [1.807, 2.05) is 6.92 Å². The van der Waals surface area contributed by atoms with Crippen LogP contribution in [0.15, 0.2) is 0 Å². The maximum atomic E-state index is 11.3. The quantitative estimate of drug-likeness (QED) is 0.715. The van der Waals surface area contributed by atoms with Crippen LogP contribution in [-0.2, 0) is 14.8 Å². The molecule has 15 heavy (non-hydrogen) atoms. The molecule has 0 aliphatic heterocycles. The molecule has 0 saturated carbocycles. The molecule has 0 radical (unpaired) electrons. The van der Waals surface area contributed by atoms with Gasteiger partial charge in [-0.3, -0.25) is 4.79 Å². The average Bonchev–Trinajstić information content (AvgIpc) is 2.08. The van der Waals surface area contributed by atoms with Crippen molar-refractivity contribution in [2.75, 3.05) is 19.3 Å². The lowest BCUT2D eigenvalue weighted by molar-refractivity contribution is -0.121. The lowest BCUT2D eigenvalue weighted by Crippen LogP contribution is -2.43. The van der Waals surface area contributed by atoms with Crippen LogP contribution in [0.3, 0.4) is 0 Å². The molecule has 0 aliphatic carbocycles. The van der Waals surface area contributed by atoms with E-state index < -0.39 is 10.0 Å². The van der Waals surface area contributed by atoms with E-state index in [0.717, 1.165) is 12.7 Å². The van der Waals surface area contributed by atoms with Crippen LogP contribution < -0.4 is 5.32 Å². The van der Waals surface area contributed by atoms with E-state index in [4.69, 9.17) is 0 Å². The molecular weight excluding hydrogens is 216 g/mol. The van der Waals surface area contributed by atoms with Crippen LogP contribution in [0.2, 0.25) is 0 Å². The first-order valence-corrected chi connectivity index (χ1v) is 6.87. The van der Waals surface area contributed by atoms with Gasteiger partial charge in [0.2, 0.25) is 15.9 Å². The summed E-state index contributed by atoms with van der Waals surface area (Å²) in [6.07, 6.45) is 1.95. The van der Waals surface area contributed by atoms with Gasteiger partial charge in [-0.05, 0) is 20.3 Å². The SMILES string of the molecule is CCCNC(=O)CN(C(C)C)S(C)(=O)=O. The third kappa shape index (κ3) is 5.74.